The number of para-hydroxylation sites is 1. The van der Waals surface area contributed by atoms with Crippen LogP contribution in [-0.2, 0) is 20.8 Å². The number of carbonyl (C=O) groups excluding carboxylic acids is 3. The van der Waals surface area contributed by atoms with Crippen LogP contribution >= 0.6 is 11.6 Å². The van der Waals surface area contributed by atoms with E-state index in [1.807, 2.05) is 42.5 Å². The third-order valence-electron chi connectivity index (χ3n) is 8.77. The molecule has 6 nitrogen and oxygen atoms in total. The smallest absolute Gasteiger partial charge is 0.248 e. The highest BCUT2D eigenvalue weighted by Crippen LogP contribution is 2.65. The van der Waals surface area contributed by atoms with Crippen molar-refractivity contribution < 1.29 is 19.1 Å². The summed E-state index contributed by atoms with van der Waals surface area (Å²) in [4.78, 5) is 42.6. The van der Waals surface area contributed by atoms with Crippen molar-refractivity contribution in [1.82, 2.24) is 4.90 Å². The molecule has 3 fully saturated rings. The van der Waals surface area contributed by atoms with Crippen LogP contribution in [0.15, 0.2) is 91.0 Å². The van der Waals surface area contributed by atoms with Crippen LogP contribution < -0.4 is 10.1 Å². The van der Waals surface area contributed by atoms with E-state index < -0.39 is 6.04 Å². The second-order valence-corrected chi connectivity index (χ2v) is 11.4. The van der Waals surface area contributed by atoms with Crippen molar-refractivity contribution in [2.45, 2.75) is 18.9 Å². The first-order chi connectivity index (χ1) is 19.0. The summed E-state index contributed by atoms with van der Waals surface area (Å²) in [6.07, 6.45) is 5.65. The Morgan fingerprint density at radius 2 is 1.49 bits per heavy atom. The molecule has 0 unspecified atom stereocenters. The first kappa shape index (κ1) is 24.2. The van der Waals surface area contributed by atoms with Gasteiger partial charge in [0.25, 0.3) is 0 Å². The van der Waals surface area contributed by atoms with E-state index in [1.54, 1.807) is 36.4 Å². The average molecular weight is 539 g/mol. The number of ether oxygens (including phenoxy) is 1. The van der Waals surface area contributed by atoms with Crippen LogP contribution in [0, 0.1) is 35.5 Å². The fourth-order valence-electron chi connectivity index (χ4n) is 6.91. The molecule has 0 spiro atoms. The van der Waals surface area contributed by atoms with Crippen molar-refractivity contribution >= 4 is 35.0 Å². The Morgan fingerprint density at radius 1 is 0.872 bits per heavy atom. The lowest BCUT2D eigenvalue weighted by molar-refractivity contribution is -0.146. The fourth-order valence-corrected chi connectivity index (χ4v) is 7.09. The highest BCUT2D eigenvalue weighted by Gasteiger charge is 2.67. The molecule has 2 saturated carbocycles. The second-order valence-electron chi connectivity index (χ2n) is 11.0. The number of nitrogens with one attached hydrogen (secondary N) is 1. The summed E-state index contributed by atoms with van der Waals surface area (Å²) in [5.41, 5.74) is 1.43. The molecule has 196 valence electrons. The van der Waals surface area contributed by atoms with Crippen LogP contribution in [0.2, 0.25) is 5.02 Å². The predicted molar refractivity (Wildman–Crippen MR) is 147 cm³/mol. The summed E-state index contributed by atoms with van der Waals surface area (Å²) in [5.74, 6) is 0.858. The molecule has 8 rings (SSSR count). The van der Waals surface area contributed by atoms with Gasteiger partial charge in [0.1, 0.15) is 17.5 Å². The molecule has 4 aliphatic carbocycles. The molecule has 39 heavy (non-hydrogen) atoms. The number of imide groups is 1. The van der Waals surface area contributed by atoms with Crippen LogP contribution in [-0.4, -0.2) is 28.7 Å². The number of halogens is 1. The maximum atomic E-state index is 13.8. The molecule has 0 aromatic heterocycles. The zero-order valence-corrected chi connectivity index (χ0v) is 21.8. The third-order valence-corrected chi connectivity index (χ3v) is 9.08. The van der Waals surface area contributed by atoms with Crippen molar-refractivity contribution in [3.8, 4) is 11.5 Å². The Balaban J connectivity index is 1.13. The molecule has 1 aliphatic heterocycles. The molecular weight excluding hydrogens is 512 g/mol. The molecule has 3 aromatic rings. The number of hydrogen-bond acceptors (Lipinski definition) is 4. The van der Waals surface area contributed by atoms with Gasteiger partial charge in [0.05, 0.1) is 16.9 Å². The molecule has 3 amide bonds. The molecule has 2 bridgehead atoms. The van der Waals surface area contributed by atoms with Gasteiger partial charge in [0, 0.05) is 12.1 Å². The molecule has 1 saturated heterocycles. The van der Waals surface area contributed by atoms with E-state index in [9.17, 15) is 14.4 Å². The summed E-state index contributed by atoms with van der Waals surface area (Å²) < 4.78 is 5.85. The van der Waals surface area contributed by atoms with Crippen LogP contribution in [0.3, 0.4) is 0 Å². The minimum absolute atomic E-state index is 0.109. The largest absolute Gasteiger partial charge is 0.456 e. The lowest BCUT2D eigenvalue weighted by Gasteiger charge is -2.37. The highest BCUT2D eigenvalue weighted by atomic mass is 35.5. The molecule has 7 heteroatoms. The van der Waals surface area contributed by atoms with Gasteiger partial charge < -0.3 is 10.1 Å². The standard InChI is InChI=1S/C32H27ClN2O4/c33-25-8-4-5-9-27(25)39-20-12-10-19(11-13-20)34-30(36)26(16-18-6-2-1-3-7-18)35-31(37)28-21-14-15-22(24-17-23(21)24)29(28)32(35)38/h1-15,21-24,26,28-29H,16-17H2,(H,34,36)/t21-,22-,23-,24+,26+,28+,29+/m1/s1. The number of rotatable bonds is 7. The number of nitrogens with zero attached hydrogens (tertiary/aromatic N) is 1. The van der Waals surface area contributed by atoms with Gasteiger partial charge in [-0.3, -0.25) is 19.3 Å². The topological polar surface area (TPSA) is 75.7 Å². The van der Waals surface area contributed by atoms with Crippen molar-refractivity contribution in [2.75, 3.05) is 5.32 Å². The lowest BCUT2D eigenvalue weighted by Crippen LogP contribution is -2.49. The molecule has 7 atom stereocenters. The number of carbonyl (C=O) groups is 3. The van der Waals surface area contributed by atoms with E-state index >= 15 is 0 Å². The first-order valence-corrected chi connectivity index (χ1v) is 13.8. The summed E-state index contributed by atoms with van der Waals surface area (Å²) in [5, 5.41) is 3.44. The Bertz CT molecular complexity index is 1450. The average Bonchev–Trinajstić information content (AvgIpc) is 3.73. The number of likely N-dealkylation sites (tertiary alicyclic amines) is 1. The van der Waals surface area contributed by atoms with E-state index in [1.165, 1.54) is 4.90 Å². The molecule has 5 aliphatic rings. The lowest BCUT2D eigenvalue weighted by atomic mass is 9.63. The number of amides is 3. The van der Waals surface area contributed by atoms with Gasteiger partial charge in [0.2, 0.25) is 17.7 Å². The van der Waals surface area contributed by atoms with E-state index in [-0.39, 0.29) is 47.8 Å². The van der Waals surface area contributed by atoms with Crippen molar-refractivity contribution in [3.05, 3.63) is 102 Å². The molecule has 0 radical (unpaired) electrons. The van der Waals surface area contributed by atoms with Crippen molar-refractivity contribution in [3.63, 3.8) is 0 Å². The van der Waals surface area contributed by atoms with Gasteiger partial charge in [-0.25, -0.2) is 0 Å². The quantitative estimate of drug-likeness (QED) is 0.308. The summed E-state index contributed by atoms with van der Waals surface area (Å²) in [6.45, 7) is 0. The van der Waals surface area contributed by atoms with Gasteiger partial charge in [-0.15, -0.1) is 0 Å². The van der Waals surface area contributed by atoms with Gasteiger partial charge in [-0.1, -0.05) is 66.2 Å². The van der Waals surface area contributed by atoms with Crippen LogP contribution in [0.5, 0.6) is 11.5 Å². The maximum Gasteiger partial charge on any atom is 0.248 e. The Hall–Kier alpha value is -3.90. The van der Waals surface area contributed by atoms with Crippen molar-refractivity contribution in [2.24, 2.45) is 35.5 Å². The normalized spacial score (nSPS) is 28.6. The number of hydrogen-bond donors (Lipinski definition) is 1. The van der Waals surface area contributed by atoms with Gasteiger partial charge in [0.15, 0.2) is 0 Å². The first-order valence-electron chi connectivity index (χ1n) is 13.4. The van der Waals surface area contributed by atoms with E-state index in [2.05, 4.69) is 17.5 Å². The van der Waals surface area contributed by atoms with Gasteiger partial charge >= 0.3 is 0 Å². The second kappa shape index (κ2) is 9.38. The minimum Gasteiger partial charge on any atom is -0.456 e. The van der Waals surface area contributed by atoms with Gasteiger partial charge in [-0.2, -0.15) is 0 Å². The molecule has 3 aromatic carbocycles. The van der Waals surface area contributed by atoms with E-state index in [0.29, 0.717) is 34.0 Å². The summed E-state index contributed by atoms with van der Waals surface area (Å²) in [7, 11) is 0. The Kier molecular flexibility index (Phi) is 5.81. The molecular formula is C32H27ClN2O4. The predicted octanol–water partition coefficient (Wildman–Crippen LogP) is 5.74. The molecule has 1 heterocycles. The van der Waals surface area contributed by atoms with Crippen molar-refractivity contribution in [1.29, 1.82) is 0 Å². The highest BCUT2D eigenvalue weighted by molar-refractivity contribution is 6.32. The Morgan fingerprint density at radius 3 is 2.13 bits per heavy atom. The number of benzene rings is 3. The Labute approximate surface area is 231 Å². The summed E-state index contributed by atoms with van der Waals surface area (Å²) >= 11 is 6.19. The minimum atomic E-state index is -0.937. The van der Waals surface area contributed by atoms with Gasteiger partial charge in [-0.05, 0) is 72.1 Å². The summed E-state index contributed by atoms with van der Waals surface area (Å²) in [6, 6.07) is 22.7. The van der Waals surface area contributed by atoms with Crippen LogP contribution in [0.4, 0.5) is 5.69 Å². The zero-order chi connectivity index (χ0) is 26.7. The SMILES string of the molecule is O=C(Nc1ccc(Oc2ccccc2Cl)cc1)[C@H](Cc1ccccc1)N1C(=O)[C@H]2[C@@H]3C=C[C@H]([C@@H]4C[C@H]34)[C@@H]2C1=O. The number of anilines is 1. The fraction of sp³-hybridized carbons (Fsp3) is 0.281. The van der Waals surface area contributed by atoms with Crippen LogP contribution in [0.1, 0.15) is 12.0 Å². The van der Waals surface area contributed by atoms with Crippen LogP contribution in [0.25, 0.3) is 0 Å². The third kappa shape index (κ3) is 4.14. The monoisotopic (exact) mass is 538 g/mol. The maximum absolute atomic E-state index is 13.8. The number of allylic oxidation sites excluding steroid dienone is 2. The van der Waals surface area contributed by atoms with E-state index in [0.717, 1.165) is 12.0 Å². The zero-order valence-electron chi connectivity index (χ0n) is 21.1. The molecule has 1 N–H and O–H groups in total. The van der Waals surface area contributed by atoms with E-state index in [4.69, 9.17) is 16.3 Å².